The van der Waals surface area contributed by atoms with Gasteiger partial charge in [0.1, 0.15) is 11.6 Å². The molecule has 4 rings (SSSR count). The van der Waals surface area contributed by atoms with Crippen LogP contribution in [0.3, 0.4) is 0 Å². The van der Waals surface area contributed by atoms with E-state index in [0.29, 0.717) is 11.6 Å². The quantitative estimate of drug-likeness (QED) is 0.230. The first kappa shape index (κ1) is 30.6. The highest BCUT2D eigenvalue weighted by Crippen LogP contribution is 2.41. The van der Waals surface area contributed by atoms with Gasteiger partial charge in [-0.15, -0.1) is 0 Å². The van der Waals surface area contributed by atoms with Crippen molar-refractivity contribution >= 4 is 5.91 Å². The van der Waals surface area contributed by atoms with Gasteiger partial charge >= 0.3 is 12.4 Å². The number of carbonyl (C=O) groups excluding carboxylic acids is 1. The average molecular weight is 595 g/mol. The highest BCUT2D eigenvalue weighted by atomic mass is 19.4. The van der Waals surface area contributed by atoms with Crippen LogP contribution < -0.4 is 5.32 Å². The second-order valence-electron chi connectivity index (χ2n) is 9.59. The third-order valence-corrected chi connectivity index (χ3v) is 6.83. The molecule has 0 saturated heterocycles. The average Bonchev–Trinajstić information content (AvgIpc) is 2.94. The van der Waals surface area contributed by atoms with Crippen molar-refractivity contribution < 1.29 is 45.0 Å². The predicted octanol–water partition coefficient (Wildman–Crippen LogP) is 6.47. The molecule has 1 aromatic heterocycles. The summed E-state index contributed by atoms with van der Waals surface area (Å²) in [6.07, 6.45) is -10.1. The van der Waals surface area contributed by atoms with Crippen molar-refractivity contribution in [3.05, 3.63) is 137 Å². The van der Waals surface area contributed by atoms with Crippen LogP contribution >= 0.6 is 0 Å². The van der Waals surface area contributed by atoms with Gasteiger partial charge in [-0.25, -0.2) is 8.78 Å². The Morgan fingerprint density at radius 2 is 1.33 bits per heavy atom. The highest BCUT2D eigenvalue weighted by Gasteiger charge is 2.61. The molecule has 3 aromatic carbocycles. The molecule has 220 valence electrons. The Morgan fingerprint density at radius 1 is 0.738 bits per heavy atom. The van der Waals surface area contributed by atoms with Crippen LogP contribution in [-0.4, -0.2) is 28.7 Å². The van der Waals surface area contributed by atoms with Gasteiger partial charge in [0.25, 0.3) is 11.5 Å². The van der Waals surface area contributed by atoms with E-state index in [1.807, 2.05) is 5.32 Å². The molecule has 0 fully saturated rings. The minimum atomic E-state index is -5.52. The molecule has 4 aromatic rings. The Morgan fingerprint density at radius 3 is 1.88 bits per heavy atom. The Balaban J connectivity index is 1.92. The van der Waals surface area contributed by atoms with Crippen LogP contribution in [0.5, 0.6) is 0 Å². The molecular weight excluding hydrogens is 572 g/mol. The van der Waals surface area contributed by atoms with Gasteiger partial charge in [0.15, 0.2) is 0 Å². The van der Waals surface area contributed by atoms with E-state index in [4.69, 9.17) is 0 Å². The molecule has 0 saturated carbocycles. The molecule has 0 unspecified atom stereocenters. The maximum Gasteiger partial charge on any atom is 0.430 e. The second kappa shape index (κ2) is 11.5. The summed E-state index contributed by atoms with van der Waals surface area (Å²) in [5.41, 5.74) is -8.41. The monoisotopic (exact) mass is 594 g/mol. The largest absolute Gasteiger partial charge is 0.430 e. The number of benzene rings is 3. The van der Waals surface area contributed by atoms with Crippen molar-refractivity contribution in [3.63, 3.8) is 0 Å². The molecule has 1 heterocycles. The Bertz CT molecular complexity index is 1530. The Labute approximate surface area is 234 Å². The molecule has 2 atom stereocenters. The first-order valence-electron chi connectivity index (χ1n) is 12.3. The lowest BCUT2D eigenvalue weighted by Crippen LogP contribution is -2.57. The van der Waals surface area contributed by atoms with Crippen molar-refractivity contribution in [2.75, 3.05) is 6.54 Å². The van der Waals surface area contributed by atoms with Gasteiger partial charge < -0.3 is 10.4 Å². The molecule has 2 N–H and O–H groups in total. The second-order valence-corrected chi connectivity index (χ2v) is 9.59. The Hall–Kier alpha value is -4.32. The van der Waals surface area contributed by atoms with Gasteiger partial charge in [-0.05, 0) is 47.9 Å². The Kier molecular flexibility index (Phi) is 8.40. The zero-order valence-electron chi connectivity index (χ0n) is 21.5. The van der Waals surface area contributed by atoms with Crippen molar-refractivity contribution in [2.24, 2.45) is 0 Å². The standard InChI is InChI=1S/C30H22F8N2O2/c31-23-11-12-25(39-17-23)27(16-19-7-3-1-4-8-19,21-13-22(29(33,34)35)15-24(32)14-21)18-40-26(41)28(42,30(36,37)38)20-9-5-2-6-10-20/h1-15,17,42H,16,18H2,(H,40,41)/t27-,28+/m0/s1. The van der Waals surface area contributed by atoms with Crippen LogP contribution in [0, 0.1) is 11.6 Å². The summed E-state index contributed by atoms with van der Waals surface area (Å²) >= 11 is 0. The summed E-state index contributed by atoms with van der Waals surface area (Å²) in [4.78, 5) is 17.2. The van der Waals surface area contributed by atoms with Gasteiger partial charge in [0.2, 0.25) is 0 Å². The van der Waals surface area contributed by atoms with Crippen LogP contribution in [-0.2, 0) is 28.4 Å². The third kappa shape index (κ3) is 6.13. The number of pyridine rings is 1. The lowest BCUT2D eigenvalue weighted by Gasteiger charge is -2.37. The third-order valence-electron chi connectivity index (χ3n) is 6.83. The van der Waals surface area contributed by atoms with E-state index in [9.17, 15) is 45.0 Å². The summed E-state index contributed by atoms with van der Waals surface area (Å²) in [5.74, 6) is -4.09. The van der Waals surface area contributed by atoms with Crippen LogP contribution in [0.2, 0.25) is 0 Å². The van der Waals surface area contributed by atoms with Crippen molar-refractivity contribution in [1.82, 2.24) is 10.3 Å². The summed E-state index contributed by atoms with van der Waals surface area (Å²) in [6, 6.07) is 17.0. The molecule has 42 heavy (non-hydrogen) atoms. The van der Waals surface area contributed by atoms with Gasteiger partial charge in [-0.1, -0.05) is 60.7 Å². The van der Waals surface area contributed by atoms with Gasteiger partial charge in [-0.3, -0.25) is 9.78 Å². The molecular formula is C30H22F8N2O2. The summed E-state index contributed by atoms with van der Waals surface area (Å²) in [5, 5.41) is 12.8. The molecule has 1 amide bonds. The zero-order chi connectivity index (χ0) is 30.8. The van der Waals surface area contributed by atoms with Crippen molar-refractivity contribution in [2.45, 2.75) is 29.8 Å². The van der Waals surface area contributed by atoms with Gasteiger partial charge in [0, 0.05) is 12.1 Å². The maximum atomic E-state index is 14.7. The first-order chi connectivity index (χ1) is 19.7. The normalized spacial score (nSPS) is 15.0. The van der Waals surface area contributed by atoms with Crippen LogP contribution in [0.4, 0.5) is 35.1 Å². The number of hydrogen-bond acceptors (Lipinski definition) is 3. The number of hydrogen-bond donors (Lipinski definition) is 2. The lowest BCUT2D eigenvalue weighted by atomic mass is 9.72. The maximum absolute atomic E-state index is 14.7. The van der Waals surface area contributed by atoms with E-state index in [1.54, 1.807) is 30.3 Å². The summed E-state index contributed by atoms with van der Waals surface area (Å²) in [7, 11) is 0. The number of halogens is 8. The molecule has 12 heteroatoms. The van der Waals surface area contributed by atoms with E-state index in [-0.39, 0.29) is 18.2 Å². The minimum Gasteiger partial charge on any atom is -0.369 e. The molecule has 0 spiro atoms. The lowest BCUT2D eigenvalue weighted by molar-refractivity contribution is -0.257. The topological polar surface area (TPSA) is 62.2 Å². The fraction of sp³-hybridized carbons (Fsp3) is 0.200. The highest BCUT2D eigenvalue weighted by molar-refractivity contribution is 5.87. The molecule has 0 bridgehead atoms. The van der Waals surface area contributed by atoms with Gasteiger partial charge in [0.05, 0.1) is 22.9 Å². The van der Waals surface area contributed by atoms with Crippen molar-refractivity contribution in [3.8, 4) is 0 Å². The summed E-state index contributed by atoms with van der Waals surface area (Å²) in [6.45, 7) is -0.897. The number of aromatic nitrogens is 1. The fourth-order valence-corrected chi connectivity index (χ4v) is 4.69. The predicted molar refractivity (Wildman–Crippen MR) is 136 cm³/mol. The van der Waals surface area contributed by atoms with Crippen molar-refractivity contribution in [1.29, 1.82) is 0 Å². The van der Waals surface area contributed by atoms with Crippen LogP contribution in [0.15, 0.2) is 97.2 Å². The molecule has 0 aliphatic rings. The minimum absolute atomic E-state index is 0.179. The van der Waals surface area contributed by atoms with Crippen LogP contribution in [0.25, 0.3) is 0 Å². The number of nitrogens with zero attached hydrogens (tertiary/aromatic N) is 1. The molecule has 4 nitrogen and oxygen atoms in total. The number of amides is 1. The zero-order valence-corrected chi connectivity index (χ0v) is 21.5. The van der Waals surface area contributed by atoms with E-state index in [2.05, 4.69) is 4.98 Å². The number of alkyl halides is 6. The summed E-state index contributed by atoms with van der Waals surface area (Å²) < 4.78 is 112. The van der Waals surface area contributed by atoms with Crippen LogP contribution in [0.1, 0.15) is 27.9 Å². The fourth-order valence-electron chi connectivity index (χ4n) is 4.69. The smallest absolute Gasteiger partial charge is 0.369 e. The number of nitrogens with one attached hydrogen (secondary N) is 1. The molecule has 0 aliphatic heterocycles. The van der Waals surface area contributed by atoms with E-state index < -0.39 is 64.1 Å². The SMILES string of the molecule is O=C(NC[C@@](Cc1ccccc1)(c1cc(F)cc(C(F)(F)F)c1)c1ccc(F)cn1)[C@](O)(c1ccccc1)C(F)(F)F. The first-order valence-corrected chi connectivity index (χ1v) is 12.3. The van der Waals surface area contributed by atoms with E-state index in [0.717, 1.165) is 36.5 Å². The number of carbonyl (C=O) groups is 1. The molecule has 0 aliphatic carbocycles. The molecule has 0 radical (unpaired) electrons. The number of rotatable bonds is 8. The van der Waals surface area contributed by atoms with Gasteiger partial charge in [-0.2, -0.15) is 26.3 Å². The van der Waals surface area contributed by atoms with E-state index in [1.165, 1.54) is 18.2 Å². The number of aliphatic hydroxyl groups is 1. The van der Waals surface area contributed by atoms with E-state index >= 15 is 0 Å².